The Balaban J connectivity index is 1.79. The predicted octanol–water partition coefficient (Wildman–Crippen LogP) is 4.94. The fourth-order valence-corrected chi connectivity index (χ4v) is 3.84. The summed E-state index contributed by atoms with van der Waals surface area (Å²) in [5.74, 6) is 0. The molecular formula is C19H14Cl2N4S. The molecule has 0 bridgehead atoms. The van der Waals surface area contributed by atoms with Crippen molar-refractivity contribution in [1.82, 2.24) is 9.99 Å². The van der Waals surface area contributed by atoms with E-state index in [-0.39, 0.29) is 11.2 Å². The molecular weight excluding hydrogens is 387 g/mol. The fourth-order valence-electron chi connectivity index (χ4n) is 3.16. The number of aromatic nitrogens is 1. The van der Waals surface area contributed by atoms with E-state index in [1.807, 2.05) is 54.6 Å². The number of nitrogens with zero attached hydrogens (tertiary/aromatic N) is 3. The van der Waals surface area contributed by atoms with E-state index in [9.17, 15) is 0 Å². The van der Waals surface area contributed by atoms with E-state index in [4.69, 9.17) is 41.2 Å². The molecule has 0 saturated heterocycles. The van der Waals surface area contributed by atoms with E-state index in [0.717, 1.165) is 27.7 Å². The minimum atomic E-state index is -0.219. The lowest BCUT2D eigenvalue weighted by atomic mass is 9.98. The number of halogens is 2. The Morgan fingerprint density at radius 2 is 1.85 bits per heavy atom. The number of para-hydroxylation sites is 1. The van der Waals surface area contributed by atoms with Crippen LogP contribution in [0.4, 0.5) is 0 Å². The van der Waals surface area contributed by atoms with Gasteiger partial charge in [-0.2, -0.15) is 5.10 Å². The smallest absolute Gasteiger partial charge is 0.187 e. The quantitative estimate of drug-likeness (QED) is 0.488. The molecule has 0 spiro atoms. The number of hydrogen-bond acceptors (Lipinski definition) is 3. The van der Waals surface area contributed by atoms with Crippen LogP contribution in [0.25, 0.3) is 10.9 Å². The van der Waals surface area contributed by atoms with Crippen molar-refractivity contribution in [3.8, 4) is 0 Å². The van der Waals surface area contributed by atoms with Gasteiger partial charge >= 0.3 is 0 Å². The summed E-state index contributed by atoms with van der Waals surface area (Å²) in [5.41, 5.74) is 9.28. The summed E-state index contributed by atoms with van der Waals surface area (Å²) < 4.78 is 0. The van der Waals surface area contributed by atoms with Gasteiger partial charge in [0, 0.05) is 28.0 Å². The molecule has 0 radical (unpaired) electrons. The molecule has 2 heterocycles. The number of hydrazone groups is 1. The molecule has 0 aliphatic carbocycles. The van der Waals surface area contributed by atoms with Crippen molar-refractivity contribution in [2.75, 3.05) is 0 Å². The molecule has 2 aromatic carbocycles. The molecule has 1 aromatic heterocycles. The van der Waals surface area contributed by atoms with Crippen LogP contribution in [0.15, 0.2) is 59.7 Å². The number of nitrogens with two attached hydrogens (primary N) is 1. The second kappa shape index (κ2) is 6.83. The van der Waals surface area contributed by atoms with Gasteiger partial charge < -0.3 is 5.73 Å². The predicted molar refractivity (Wildman–Crippen MR) is 111 cm³/mol. The Bertz CT molecular complexity index is 1050. The first kappa shape index (κ1) is 17.2. The summed E-state index contributed by atoms with van der Waals surface area (Å²) >= 11 is 18.0. The molecule has 0 amide bonds. The lowest BCUT2D eigenvalue weighted by molar-refractivity contribution is 0.372. The van der Waals surface area contributed by atoms with Crippen molar-refractivity contribution in [2.45, 2.75) is 12.5 Å². The molecule has 1 aliphatic rings. The maximum absolute atomic E-state index is 6.48. The van der Waals surface area contributed by atoms with E-state index in [1.54, 1.807) is 5.01 Å². The number of pyridine rings is 1. The largest absolute Gasteiger partial charge is 0.375 e. The first-order chi connectivity index (χ1) is 12.5. The number of fused-ring (bicyclic) bond motifs is 1. The number of rotatable bonds is 2. The van der Waals surface area contributed by atoms with Crippen LogP contribution in [0.5, 0.6) is 0 Å². The maximum atomic E-state index is 6.48. The van der Waals surface area contributed by atoms with Gasteiger partial charge in [0.2, 0.25) is 0 Å². The molecule has 26 heavy (non-hydrogen) atoms. The topological polar surface area (TPSA) is 54.5 Å². The van der Waals surface area contributed by atoms with Crippen LogP contribution in [0.1, 0.15) is 23.6 Å². The molecule has 4 rings (SSSR count). The van der Waals surface area contributed by atoms with E-state index >= 15 is 0 Å². The minimum absolute atomic E-state index is 0.182. The number of hydrogen-bond donors (Lipinski definition) is 1. The van der Waals surface area contributed by atoms with Gasteiger partial charge in [-0.05, 0) is 30.4 Å². The van der Waals surface area contributed by atoms with Crippen LogP contribution in [0.3, 0.4) is 0 Å². The molecule has 4 nitrogen and oxygen atoms in total. The van der Waals surface area contributed by atoms with Crippen molar-refractivity contribution in [3.05, 3.63) is 75.9 Å². The van der Waals surface area contributed by atoms with Crippen molar-refractivity contribution in [3.63, 3.8) is 0 Å². The maximum Gasteiger partial charge on any atom is 0.187 e. The first-order valence-corrected chi connectivity index (χ1v) is 9.17. The highest BCUT2D eigenvalue weighted by molar-refractivity contribution is 7.80. The Morgan fingerprint density at radius 1 is 1.12 bits per heavy atom. The summed E-state index contributed by atoms with van der Waals surface area (Å²) in [6, 6.07) is 17.2. The van der Waals surface area contributed by atoms with E-state index in [0.29, 0.717) is 16.6 Å². The summed E-state index contributed by atoms with van der Waals surface area (Å²) in [5, 5.41) is 8.47. The summed E-state index contributed by atoms with van der Waals surface area (Å²) in [4.78, 5) is 4.51. The van der Waals surface area contributed by atoms with Gasteiger partial charge in [0.25, 0.3) is 0 Å². The second-order valence-corrected chi connectivity index (χ2v) is 7.17. The van der Waals surface area contributed by atoms with Gasteiger partial charge in [-0.15, -0.1) is 0 Å². The summed E-state index contributed by atoms with van der Waals surface area (Å²) in [6.07, 6.45) is 0.584. The van der Waals surface area contributed by atoms with Gasteiger partial charge in [-0.3, -0.25) is 0 Å². The Labute approximate surface area is 166 Å². The Morgan fingerprint density at radius 3 is 2.62 bits per heavy atom. The molecule has 3 aromatic rings. The van der Waals surface area contributed by atoms with E-state index in [1.165, 1.54) is 0 Å². The Kier molecular flexibility index (Phi) is 4.53. The SMILES string of the molecule is NC(=S)N1N=C(c2ccccc2Cl)CC1c1cc2ccccc2nc1Cl. The molecule has 0 saturated carbocycles. The van der Waals surface area contributed by atoms with Gasteiger partial charge in [-0.1, -0.05) is 59.6 Å². The third-order valence-corrected chi connectivity index (χ3v) is 5.20. The van der Waals surface area contributed by atoms with Crippen molar-refractivity contribution < 1.29 is 0 Å². The van der Waals surface area contributed by atoms with Crippen LogP contribution in [-0.4, -0.2) is 20.8 Å². The van der Waals surface area contributed by atoms with Crippen LogP contribution in [0, 0.1) is 0 Å². The molecule has 7 heteroatoms. The van der Waals surface area contributed by atoms with Crippen LogP contribution in [-0.2, 0) is 0 Å². The lowest BCUT2D eigenvalue weighted by Crippen LogP contribution is -2.31. The molecule has 1 atom stereocenters. The molecule has 1 unspecified atom stereocenters. The lowest BCUT2D eigenvalue weighted by Gasteiger charge is -2.22. The molecule has 130 valence electrons. The number of thiocarbonyl (C=S) groups is 1. The zero-order valence-corrected chi connectivity index (χ0v) is 15.9. The standard InChI is InChI=1S/C19H14Cl2N4S/c20-14-7-3-2-6-12(14)16-10-17(25(24-16)19(22)26)13-9-11-5-1-4-8-15(11)23-18(13)21/h1-9,17H,10H2,(H2,22,26). The monoisotopic (exact) mass is 400 g/mol. The van der Waals surface area contributed by atoms with Gasteiger partial charge in [0.15, 0.2) is 5.11 Å². The van der Waals surface area contributed by atoms with Gasteiger partial charge in [0.05, 0.1) is 17.3 Å². The normalized spacial score (nSPS) is 16.8. The fraction of sp³-hybridized carbons (Fsp3) is 0.105. The van der Waals surface area contributed by atoms with Crippen LogP contribution in [0.2, 0.25) is 10.2 Å². The average Bonchev–Trinajstić information content (AvgIpc) is 3.06. The third kappa shape index (κ3) is 3.03. The average molecular weight is 401 g/mol. The van der Waals surface area contributed by atoms with Crippen LogP contribution >= 0.6 is 35.4 Å². The van der Waals surface area contributed by atoms with Crippen molar-refractivity contribution in [2.24, 2.45) is 10.8 Å². The zero-order chi connectivity index (χ0) is 18.3. The minimum Gasteiger partial charge on any atom is -0.375 e. The molecule has 2 N–H and O–H groups in total. The van der Waals surface area contributed by atoms with Crippen molar-refractivity contribution in [1.29, 1.82) is 0 Å². The molecule has 1 aliphatic heterocycles. The zero-order valence-electron chi connectivity index (χ0n) is 13.6. The van der Waals surface area contributed by atoms with E-state index in [2.05, 4.69) is 10.1 Å². The van der Waals surface area contributed by atoms with E-state index < -0.39 is 0 Å². The van der Waals surface area contributed by atoms with Crippen molar-refractivity contribution >= 4 is 57.1 Å². The second-order valence-electron chi connectivity index (χ2n) is 5.99. The van der Waals surface area contributed by atoms with Crippen LogP contribution < -0.4 is 5.73 Å². The van der Waals surface area contributed by atoms with Gasteiger partial charge in [0.1, 0.15) is 5.15 Å². The molecule has 0 fully saturated rings. The first-order valence-electron chi connectivity index (χ1n) is 8.01. The highest BCUT2D eigenvalue weighted by Gasteiger charge is 2.33. The number of benzene rings is 2. The highest BCUT2D eigenvalue weighted by Crippen LogP contribution is 2.37. The highest BCUT2D eigenvalue weighted by atomic mass is 35.5. The third-order valence-electron chi connectivity index (χ3n) is 4.38. The summed E-state index contributed by atoms with van der Waals surface area (Å²) in [7, 11) is 0. The van der Waals surface area contributed by atoms with Gasteiger partial charge in [-0.25, -0.2) is 9.99 Å². The Hall–Kier alpha value is -2.21. The summed E-state index contributed by atoms with van der Waals surface area (Å²) in [6.45, 7) is 0.